The van der Waals surface area contributed by atoms with Crippen molar-refractivity contribution in [2.75, 3.05) is 7.11 Å². The number of thiazole rings is 1. The third-order valence-electron chi connectivity index (χ3n) is 2.44. The molecule has 0 amide bonds. The highest BCUT2D eigenvalue weighted by Crippen LogP contribution is 2.32. The Morgan fingerprint density at radius 1 is 1.31 bits per heavy atom. The largest absolute Gasteiger partial charge is 0.496 e. The van der Waals surface area contributed by atoms with Gasteiger partial charge in [-0.05, 0) is 37.6 Å². The average molecular weight is 254 g/mol. The van der Waals surface area contributed by atoms with Crippen molar-refractivity contribution in [3.63, 3.8) is 0 Å². The molecular formula is C12H12ClNOS. The van der Waals surface area contributed by atoms with Crippen molar-refractivity contribution in [1.82, 2.24) is 4.98 Å². The molecule has 2 nitrogen and oxygen atoms in total. The van der Waals surface area contributed by atoms with Crippen LogP contribution >= 0.6 is 22.9 Å². The molecule has 2 aromatic rings. The number of rotatable bonds is 2. The number of benzene rings is 1. The van der Waals surface area contributed by atoms with Gasteiger partial charge in [0.15, 0.2) is 4.47 Å². The first-order chi connectivity index (χ1) is 7.61. The average Bonchev–Trinajstić information content (AvgIpc) is 2.58. The van der Waals surface area contributed by atoms with Gasteiger partial charge in [-0.3, -0.25) is 0 Å². The van der Waals surface area contributed by atoms with Gasteiger partial charge in [-0.25, -0.2) is 4.98 Å². The number of aromatic nitrogens is 1. The third-order valence-corrected chi connectivity index (χ3v) is 3.51. The Labute approximate surface area is 104 Å². The zero-order valence-corrected chi connectivity index (χ0v) is 10.9. The van der Waals surface area contributed by atoms with Gasteiger partial charge >= 0.3 is 0 Å². The van der Waals surface area contributed by atoms with E-state index in [1.807, 2.05) is 26.0 Å². The van der Waals surface area contributed by atoms with Gasteiger partial charge in [0.05, 0.1) is 12.8 Å². The van der Waals surface area contributed by atoms with E-state index >= 15 is 0 Å². The van der Waals surface area contributed by atoms with Crippen LogP contribution in [0, 0.1) is 13.8 Å². The quantitative estimate of drug-likeness (QED) is 0.804. The van der Waals surface area contributed by atoms with E-state index in [1.54, 1.807) is 7.11 Å². The lowest BCUT2D eigenvalue weighted by Crippen LogP contribution is -1.88. The second-order valence-corrected chi connectivity index (χ2v) is 5.34. The molecule has 0 saturated carbocycles. The van der Waals surface area contributed by atoms with Crippen LogP contribution < -0.4 is 4.74 Å². The topological polar surface area (TPSA) is 22.1 Å². The Hall–Kier alpha value is -1.06. The monoisotopic (exact) mass is 253 g/mol. The Bertz CT molecular complexity index is 522. The molecule has 2 rings (SSSR count). The second-order valence-electron chi connectivity index (χ2n) is 3.56. The molecule has 1 heterocycles. The van der Waals surface area contributed by atoms with Crippen molar-refractivity contribution < 1.29 is 4.74 Å². The summed E-state index contributed by atoms with van der Waals surface area (Å²) in [5.41, 5.74) is 3.14. The van der Waals surface area contributed by atoms with Crippen LogP contribution in [-0.4, -0.2) is 12.1 Å². The second kappa shape index (κ2) is 4.44. The van der Waals surface area contributed by atoms with Gasteiger partial charge in [0, 0.05) is 10.4 Å². The smallest absolute Gasteiger partial charge is 0.184 e. The summed E-state index contributed by atoms with van der Waals surface area (Å²) < 4.78 is 5.81. The van der Waals surface area contributed by atoms with Crippen molar-refractivity contribution in [1.29, 1.82) is 0 Å². The SMILES string of the molecule is COc1ccc(-c2nc(Cl)sc2C)cc1C. The fourth-order valence-electron chi connectivity index (χ4n) is 1.66. The molecule has 0 atom stereocenters. The Morgan fingerprint density at radius 3 is 2.56 bits per heavy atom. The minimum Gasteiger partial charge on any atom is -0.496 e. The van der Waals surface area contributed by atoms with Gasteiger partial charge in [0.1, 0.15) is 5.75 Å². The summed E-state index contributed by atoms with van der Waals surface area (Å²) in [6.45, 7) is 4.05. The molecule has 0 fully saturated rings. The Balaban J connectivity index is 2.49. The Morgan fingerprint density at radius 2 is 2.06 bits per heavy atom. The molecule has 0 N–H and O–H groups in total. The van der Waals surface area contributed by atoms with Gasteiger partial charge in [0.2, 0.25) is 0 Å². The molecule has 0 bridgehead atoms. The van der Waals surface area contributed by atoms with E-state index in [0.29, 0.717) is 4.47 Å². The van der Waals surface area contributed by atoms with Gasteiger partial charge < -0.3 is 4.74 Å². The molecule has 0 radical (unpaired) electrons. The number of hydrogen-bond donors (Lipinski definition) is 0. The maximum Gasteiger partial charge on any atom is 0.184 e. The summed E-state index contributed by atoms with van der Waals surface area (Å²) in [6, 6.07) is 6.03. The number of nitrogens with zero attached hydrogens (tertiary/aromatic N) is 1. The van der Waals surface area contributed by atoms with E-state index in [-0.39, 0.29) is 0 Å². The standard InChI is InChI=1S/C12H12ClNOS/c1-7-6-9(4-5-10(7)15-3)11-8(2)16-12(13)14-11/h4-6H,1-3H3. The van der Waals surface area contributed by atoms with Crippen LogP contribution in [0.5, 0.6) is 5.75 Å². The number of ether oxygens (including phenoxy) is 1. The van der Waals surface area contributed by atoms with Gasteiger partial charge in [-0.15, -0.1) is 11.3 Å². The zero-order chi connectivity index (χ0) is 11.7. The molecule has 0 aliphatic heterocycles. The van der Waals surface area contributed by atoms with E-state index in [2.05, 4.69) is 11.1 Å². The summed E-state index contributed by atoms with van der Waals surface area (Å²) in [7, 11) is 1.67. The van der Waals surface area contributed by atoms with Crippen molar-refractivity contribution in [2.24, 2.45) is 0 Å². The van der Waals surface area contributed by atoms with Crippen LogP contribution in [0.3, 0.4) is 0 Å². The highest BCUT2D eigenvalue weighted by Gasteiger charge is 2.09. The molecule has 1 aromatic heterocycles. The fraction of sp³-hybridized carbons (Fsp3) is 0.250. The summed E-state index contributed by atoms with van der Waals surface area (Å²) in [5, 5.41) is 0. The lowest BCUT2D eigenvalue weighted by molar-refractivity contribution is 0.412. The highest BCUT2D eigenvalue weighted by atomic mass is 35.5. The predicted octanol–water partition coefficient (Wildman–Crippen LogP) is 4.09. The van der Waals surface area contributed by atoms with E-state index in [9.17, 15) is 0 Å². The summed E-state index contributed by atoms with van der Waals surface area (Å²) in [4.78, 5) is 5.45. The van der Waals surface area contributed by atoms with E-state index < -0.39 is 0 Å². The lowest BCUT2D eigenvalue weighted by atomic mass is 10.1. The van der Waals surface area contributed by atoms with Crippen LogP contribution in [-0.2, 0) is 0 Å². The number of halogens is 1. The van der Waals surface area contributed by atoms with Crippen molar-refractivity contribution >= 4 is 22.9 Å². The van der Waals surface area contributed by atoms with Gasteiger partial charge in [-0.2, -0.15) is 0 Å². The van der Waals surface area contributed by atoms with Crippen LogP contribution in [0.15, 0.2) is 18.2 Å². The zero-order valence-electron chi connectivity index (χ0n) is 9.37. The number of hydrogen-bond acceptors (Lipinski definition) is 3. The first-order valence-corrected chi connectivity index (χ1v) is 6.09. The van der Waals surface area contributed by atoms with Gasteiger partial charge in [-0.1, -0.05) is 11.6 Å². The van der Waals surface area contributed by atoms with E-state index in [1.165, 1.54) is 11.3 Å². The van der Waals surface area contributed by atoms with Crippen molar-refractivity contribution in [3.05, 3.63) is 33.1 Å². The fourth-order valence-corrected chi connectivity index (χ4v) is 2.74. The van der Waals surface area contributed by atoms with Crippen LogP contribution in [0.25, 0.3) is 11.3 Å². The lowest BCUT2D eigenvalue weighted by Gasteiger charge is -2.06. The highest BCUT2D eigenvalue weighted by molar-refractivity contribution is 7.16. The number of methoxy groups -OCH3 is 1. The first kappa shape index (κ1) is 11.4. The Kier molecular flexibility index (Phi) is 3.17. The van der Waals surface area contributed by atoms with E-state index in [4.69, 9.17) is 16.3 Å². The molecule has 16 heavy (non-hydrogen) atoms. The molecule has 84 valence electrons. The van der Waals surface area contributed by atoms with Crippen molar-refractivity contribution in [2.45, 2.75) is 13.8 Å². The van der Waals surface area contributed by atoms with Crippen molar-refractivity contribution in [3.8, 4) is 17.0 Å². The molecule has 0 spiro atoms. The molecule has 4 heteroatoms. The molecule has 0 unspecified atom stereocenters. The van der Waals surface area contributed by atoms with E-state index in [0.717, 1.165) is 27.4 Å². The maximum atomic E-state index is 5.90. The first-order valence-electron chi connectivity index (χ1n) is 4.89. The molecule has 0 aliphatic carbocycles. The van der Waals surface area contributed by atoms with Crippen LogP contribution in [0.4, 0.5) is 0 Å². The van der Waals surface area contributed by atoms with Crippen LogP contribution in [0.2, 0.25) is 4.47 Å². The molecule has 1 aromatic carbocycles. The summed E-state index contributed by atoms with van der Waals surface area (Å²) in [6.07, 6.45) is 0. The minimum absolute atomic E-state index is 0.584. The predicted molar refractivity (Wildman–Crippen MR) is 68.6 cm³/mol. The van der Waals surface area contributed by atoms with Crippen LogP contribution in [0.1, 0.15) is 10.4 Å². The maximum absolute atomic E-state index is 5.90. The molecule has 0 saturated heterocycles. The summed E-state index contributed by atoms with van der Waals surface area (Å²) in [5.74, 6) is 0.891. The van der Waals surface area contributed by atoms with Gasteiger partial charge in [0.25, 0.3) is 0 Å². The minimum atomic E-state index is 0.584. The summed E-state index contributed by atoms with van der Waals surface area (Å²) >= 11 is 7.40. The number of aryl methyl sites for hydroxylation is 2. The molecular weight excluding hydrogens is 242 g/mol. The third kappa shape index (κ3) is 2.06. The molecule has 0 aliphatic rings. The normalized spacial score (nSPS) is 10.5.